The van der Waals surface area contributed by atoms with Crippen molar-refractivity contribution < 1.29 is 0 Å². The second kappa shape index (κ2) is 5.50. The molecule has 0 spiro atoms. The summed E-state index contributed by atoms with van der Waals surface area (Å²) in [5, 5.41) is 0. The fourth-order valence-corrected chi connectivity index (χ4v) is 4.11. The van der Waals surface area contributed by atoms with Crippen LogP contribution >= 0.6 is 0 Å². The van der Waals surface area contributed by atoms with Gasteiger partial charge in [-0.25, -0.2) is 0 Å². The molecule has 0 aromatic rings. The zero-order chi connectivity index (χ0) is 11.5. The van der Waals surface area contributed by atoms with Crippen LogP contribution in [0.2, 0.25) is 0 Å². The van der Waals surface area contributed by atoms with E-state index >= 15 is 0 Å². The van der Waals surface area contributed by atoms with Crippen molar-refractivity contribution in [2.45, 2.75) is 64.8 Å². The Morgan fingerprint density at radius 3 is 2.62 bits per heavy atom. The Balaban J connectivity index is 1.82. The summed E-state index contributed by atoms with van der Waals surface area (Å²) in [4.78, 5) is 0. The molecule has 2 bridgehead atoms. The Hall–Kier alpha value is -0.0800. The molecule has 2 aliphatic rings. The molecule has 5 atom stereocenters. The topological polar surface area (TPSA) is 38.0 Å². The van der Waals surface area contributed by atoms with Gasteiger partial charge in [0.25, 0.3) is 0 Å². The SMILES string of the molecule is CCCC(C)C(CC1CC2CCC1C2)NN. The third-order valence-corrected chi connectivity index (χ3v) is 5.09. The Labute approximate surface area is 100 Å². The summed E-state index contributed by atoms with van der Waals surface area (Å²) in [5.74, 6) is 9.53. The molecule has 0 aliphatic heterocycles. The van der Waals surface area contributed by atoms with Crippen LogP contribution in [-0.2, 0) is 0 Å². The van der Waals surface area contributed by atoms with Gasteiger partial charge in [0.05, 0.1) is 0 Å². The van der Waals surface area contributed by atoms with Crippen molar-refractivity contribution in [3.8, 4) is 0 Å². The van der Waals surface area contributed by atoms with Gasteiger partial charge in [-0.2, -0.15) is 0 Å². The normalized spacial score (nSPS) is 36.6. The summed E-state index contributed by atoms with van der Waals surface area (Å²) in [6.45, 7) is 4.61. The Kier molecular flexibility index (Phi) is 4.26. The van der Waals surface area contributed by atoms with Gasteiger partial charge in [-0.3, -0.25) is 11.3 Å². The Morgan fingerprint density at radius 2 is 2.12 bits per heavy atom. The van der Waals surface area contributed by atoms with Crippen molar-refractivity contribution in [1.82, 2.24) is 5.43 Å². The van der Waals surface area contributed by atoms with Crippen LogP contribution in [-0.4, -0.2) is 6.04 Å². The van der Waals surface area contributed by atoms with Crippen molar-refractivity contribution in [3.63, 3.8) is 0 Å². The van der Waals surface area contributed by atoms with Gasteiger partial charge in [-0.1, -0.05) is 26.7 Å². The molecule has 5 unspecified atom stereocenters. The molecule has 2 fully saturated rings. The highest BCUT2D eigenvalue weighted by atomic mass is 15.2. The van der Waals surface area contributed by atoms with Crippen molar-refractivity contribution in [3.05, 3.63) is 0 Å². The summed E-state index contributed by atoms with van der Waals surface area (Å²) < 4.78 is 0. The quantitative estimate of drug-likeness (QED) is 0.537. The summed E-state index contributed by atoms with van der Waals surface area (Å²) >= 11 is 0. The molecule has 16 heavy (non-hydrogen) atoms. The van der Waals surface area contributed by atoms with Crippen LogP contribution in [0.25, 0.3) is 0 Å². The Morgan fingerprint density at radius 1 is 1.31 bits per heavy atom. The molecule has 0 aromatic carbocycles. The molecule has 2 rings (SSSR count). The Bertz CT molecular complexity index is 217. The fourth-order valence-electron chi connectivity index (χ4n) is 4.11. The van der Waals surface area contributed by atoms with Crippen molar-refractivity contribution in [2.75, 3.05) is 0 Å². The number of hydrogen-bond donors (Lipinski definition) is 2. The highest BCUT2D eigenvalue weighted by molar-refractivity contribution is 4.92. The van der Waals surface area contributed by atoms with E-state index in [1.807, 2.05) is 0 Å². The maximum absolute atomic E-state index is 5.73. The van der Waals surface area contributed by atoms with Crippen LogP contribution in [0.15, 0.2) is 0 Å². The lowest BCUT2D eigenvalue weighted by molar-refractivity contribution is 0.238. The first kappa shape index (κ1) is 12.4. The summed E-state index contributed by atoms with van der Waals surface area (Å²) in [5.41, 5.74) is 3.07. The largest absolute Gasteiger partial charge is 0.271 e. The van der Waals surface area contributed by atoms with Crippen molar-refractivity contribution in [1.29, 1.82) is 0 Å². The zero-order valence-corrected chi connectivity index (χ0v) is 10.9. The minimum absolute atomic E-state index is 0.546. The summed E-state index contributed by atoms with van der Waals surface area (Å²) in [6.07, 6.45) is 9.90. The van der Waals surface area contributed by atoms with Crippen molar-refractivity contribution >= 4 is 0 Å². The van der Waals surface area contributed by atoms with E-state index in [4.69, 9.17) is 5.84 Å². The molecule has 2 heteroatoms. The van der Waals surface area contributed by atoms with Crippen LogP contribution in [0.3, 0.4) is 0 Å². The van der Waals surface area contributed by atoms with E-state index in [-0.39, 0.29) is 0 Å². The second-order valence-corrected chi connectivity index (χ2v) is 6.21. The van der Waals surface area contributed by atoms with Gasteiger partial charge in [-0.15, -0.1) is 0 Å². The number of hydrogen-bond acceptors (Lipinski definition) is 2. The number of fused-ring (bicyclic) bond motifs is 2. The third-order valence-electron chi connectivity index (χ3n) is 5.09. The van der Waals surface area contributed by atoms with E-state index in [9.17, 15) is 0 Å². The highest BCUT2D eigenvalue weighted by Crippen LogP contribution is 2.50. The molecule has 2 nitrogen and oxygen atoms in total. The molecular formula is C14H28N2. The predicted octanol–water partition coefficient (Wildman–Crippen LogP) is 3.08. The smallest absolute Gasteiger partial charge is 0.0238 e. The number of rotatable bonds is 6. The van der Waals surface area contributed by atoms with Crippen LogP contribution in [0.4, 0.5) is 0 Å². The van der Waals surface area contributed by atoms with Gasteiger partial charge < -0.3 is 0 Å². The molecule has 3 N–H and O–H groups in total. The first-order chi connectivity index (χ1) is 7.74. The maximum Gasteiger partial charge on any atom is 0.0238 e. The lowest BCUT2D eigenvalue weighted by Crippen LogP contribution is -2.41. The van der Waals surface area contributed by atoms with Gasteiger partial charge in [0.2, 0.25) is 0 Å². The monoisotopic (exact) mass is 224 g/mol. The standard InChI is InChI=1S/C14H28N2/c1-3-4-10(2)14(16-15)9-13-8-11-5-6-12(13)7-11/h10-14,16H,3-9,15H2,1-2H3. The van der Waals surface area contributed by atoms with Crippen LogP contribution < -0.4 is 11.3 Å². The van der Waals surface area contributed by atoms with Crippen LogP contribution in [0, 0.1) is 23.7 Å². The van der Waals surface area contributed by atoms with E-state index in [1.165, 1.54) is 44.9 Å². The second-order valence-electron chi connectivity index (χ2n) is 6.21. The van der Waals surface area contributed by atoms with Gasteiger partial charge in [0, 0.05) is 6.04 Å². The lowest BCUT2D eigenvalue weighted by Gasteiger charge is -2.29. The van der Waals surface area contributed by atoms with E-state index < -0.39 is 0 Å². The highest BCUT2D eigenvalue weighted by Gasteiger charge is 2.40. The maximum atomic E-state index is 5.73. The van der Waals surface area contributed by atoms with Crippen LogP contribution in [0.1, 0.15) is 58.8 Å². The minimum atomic E-state index is 0.546. The predicted molar refractivity (Wildman–Crippen MR) is 68.7 cm³/mol. The van der Waals surface area contributed by atoms with E-state index in [2.05, 4.69) is 19.3 Å². The summed E-state index contributed by atoms with van der Waals surface area (Å²) in [6, 6.07) is 0.546. The van der Waals surface area contributed by atoms with Gasteiger partial charge in [0.15, 0.2) is 0 Å². The fraction of sp³-hybridized carbons (Fsp3) is 1.00. The molecule has 2 aliphatic carbocycles. The molecule has 0 saturated heterocycles. The minimum Gasteiger partial charge on any atom is -0.271 e. The number of nitrogens with two attached hydrogens (primary N) is 1. The molecule has 2 saturated carbocycles. The van der Waals surface area contributed by atoms with E-state index in [0.717, 1.165) is 23.7 Å². The summed E-state index contributed by atoms with van der Waals surface area (Å²) in [7, 11) is 0. The first-order valence-electron chi connectivity index (χ1n) is 7.20. The number of nitrogens with one attached hydrogen (secondary N) is 1. The molecule has 0 amide bonds. The average molecular weight is 224 g/mol. The van der Waals surface area contributed by atoms with Gasteiger partial charge in [0.1, 0.15) is 0 Å². The van der Waals surface area contributed by atoms with E-state index in [0.29, 0.717) is 6.04 Å². The van der Waals surface area contributed by atoms with Crippen molar-refractivity contribution in [2.24, 2.45) is 29.5 Å². The molecule has 0 heterocycles. The van der Waals surface area contributed by atoms with E-state index in [1.54, 1.807) is 0 Å². The molecule has 94 valence electrons. The molecular weight excluding hydrogens is 196 g/mol. The number of hydrazine groups is 1. The molecule has 0 radical (unpaired) electrons. The third kappa shape index (κ3) is 2.60. The first-order valence-corrected chi connectivity index (χ1v) is 7.20. The van der Waals surface area contributed by atoms with Gasteiger partial charge >= 0.3 is 0 Å². The van der Waals surface area contributed by atoms with Crippen LogP contribution in [0.5, 0.6) is 0 Å². The molecule has 0 aromatic heterocycles. The lowest BCUT2D eigenvalue weighted by atomic mass is 9.81. The average Bonchev–Trinajstić information content (AvgIpc) is 2.87. The van der Waals surface area contributed by atoms with Gasteiger partial charge in [-0.05, 0) is 55.8 Å². The zero-order valence-electron chi connectivity index (χ0n) is 10.9.